The number of hydrogen-bond donors (Lipinski definition) is 1. The molecule has 0 aliphatic carbocycles. The quantitative estimate of drug-likeness (QED) is 0.625. The standard InChI is InChI=1S/C23H18BrFN2O2/c24-17-8-11-20-19(13-17)23(16-6-9-18(25)10-7-16)27(14-21(28)26-20)22(29)12-15-4-2-1-3-5-15/h1-11,13,23H,12,14H2,(H,26,28)/t23-/m0/s1. The van der Waals surface area contributed by atoms with Crippen LogP contribution >= 0.6 is 15.9 Å². The fraction of sp³-hybridized carbons (Fsp3) is 0.130. The molecule has 0 saturated carbocycles. The van der Waals surface area contributed by atoms with Crippen LogP contribution in [0.3, 0.4) is 0 Å². The number of carbonyl (C=O) groups excluding carboxylic acids is 2. The van der Waals surface area contributed by atoms with Crippen molar-refractivity contribution in [2.24, 2.45) is 0 Å². The van der Waals surface area contributed by atoms with Crippen LogP contribution in [0.2, 0.25) is 0 Å². The number of carbonyl (C=O) groups is 2. The van der Waals surface area contributed by atoms with Crippen LogP contribution in [0.1, 0.15) is 22.7 Å². The minimum Gasteiger partial charge on any atom is -0.324 e. The van der Waals surface area contributed by atoms with Crippen molar-refractivity contribution in [3.05, 3.63) is 99.8 Å². The highest BCUT2D eigenvalue weighted by molar-refractivity contribution is 9.10. The van der Waals surface area contributed by atoms with Gasteiger partial charge in [-0.1, -0.05) is 58.4 Å². The predicted octanol–water partition coefficient (Wildman–Crippen LogP) is 4.70. The molecule has 2 amide bonds. The van der Waals surface area contributed by atoms with Gasteiger partial charge in [-0.3, -0.25) is 9.59 Å². The van der Waals surface area contributed by atoms with E-state index in [2.05, 4.69) is 21.2 Å². The van der Waals surface area contributed by atoms with E-state index < -0.39 is 6.04 Å². The van der Waals surface area contributed by atoms with Gasteiger partial charge in [-0.05, 0) is 41.5 Å². The van der Waals surface area contributed by atoms with Gasteiger partial charge in [0.25, 0.3) is 0 Å². The SMILES string of the molecule is O=C1CN(C(=O)Cc2ccccc2)[C@@H](c2ccc(F)cc2)c2cc(Br)ccc2N1. The number of amides is 2. The van der Waals surface area contributed by atoms with Crippen molar-refractivity contribution in [2.45, 2.75) is 12.5 Å². The van der Waals surface area contributed by atoms with Crippen molar-refractivity contribution in [3.63, 3.8) is 0 Å². The minimum absolute atomic E-state index is 0.0833. The van der Waals surface area contributed by atoms with E-state index in [1.165, 1.54) is 12.1 Å². The van der Waals surface area contributed by atoms with Crippen LogP contribution in [-0.4, -0.2) is 23.3 Å². The van der Waals surface area contributed by atoms with E-state index >= 15 is 0 Å². The van der Waals surface area contributed by atoms with Gasteiger partial charge in [0.1, 0.15) is 12.4 Å². The van der Waals surface area contributed by atoms with Gasteiger partial charge in [0, 0.05) is 15.7 Å². The summed E-state index contributed by atoms with van der Waals surface area (Å²) >= 11 is 3.48. The van der Waals surface area contributed by atoms with E-state index in [1.54, 1.807) is 23.1 Å². The van der Waals surface area contributed by atoms with Gasteiger partial charge in [0.2, 0.25) is 11.8 Å². The van der Waals surface area contributed by atoms with Crippen molar-refractivity contribution in [3.8, 4) is 0 Å². The molecule has 6 heteroatoms. The van der Waals surface area contributed by atoms with Gasteiger partial charge < -0.3 is 10.2 Å². The first-order valence-corrected chi connectivity index (χ1v) is 9.99. The van der Waals surface area contributed by atoms with E-state index in [-0.39, 0.29) is 30.6 Å². The average Bonchev–Trinajstić information content (AvgIpc) is 2.85. The first-order chi connectivity index (χ1) is 14.0. The fourth-order valence-electron chi connectivity index (χ4n) is 3.59. The molecule has 0 fully saturated rings. The molecule has 146 valence electrons. The van der Waals surface area contributed by atoms with Gasteiger partial charge in [0.15, 0.2) is 0 Å². The van der Waals surface area contributed by atoms with E-state index in [9.17, 15) is 14.0 Å². The summed E-state index contributed by atoms with van der Waals surface area (Å²) in [5, 5.41) is 2.88. The minimum atomic E-state index is -0.515. The van der Waals surface area contributed by atoms with Crippen molar-refractivity contribution in [1.82, 2.24) is 4.90 Å². The topological polar surface area (TPSA) is 49.4 Å². The first-order valence-electron chi connectivity index (χ1n) is 9.19. The normalized spacial score (nSPS) is 16.0. The summed E-state index contributed by atoms with van der Waals surface area (Å²) in [5.41, 5.74) is 3.03. The van der Waals surface area contributed by atoms with Crippen LogP contribution in [0.5, 0.6) is 0 Å². The van der Waals surface area contributed by atoms with Crippen molar-refractivity contribution in [2.75, 3.05) is 11.9 Å². The molecule has 3 aromatic rings. The molecule has 0 aromatic heterocycles. The van der Waals surface area contributed by atoms with Gasteiger partial charge in [-0.2, -0.15) is 0 Å². The largest absolute Gasteiger partial charge is 0.324 e. The first kappa shape index (κ1) is 19.3. The number of halogens is 2. The van der Waals surface area contributed by atoms with Crippen LogP contribution in [0.25, 0.3) is 0 Å². The van der Waals surface area contributed by atoms with E-state index in [1.807, 2.05) is 42.5 Å². The molecule has 29 heavy (non-hydrogen) atoms. The molecule has 1 aliphatic heterocycles. The second-order valence-electron chi connectivity index (χ2n) is 6.92. The Morgan fingerprint density at radius 3 is 2.52 bits per heavy atom. The van der Waals surface area contributed by atoms with Crippen LogP contribution in [0.4, 0.5) is 10.1 Å². The molecule has 1 N–H and O–H groups in total. The molecular weight excluding hydrogens is 435 g/mol. The number of rotatable bonds is 3. The molecule has 0 unspecified atom stereocenters. The molecule has 4 rings (SSSR count). The maximum absolute atomic E-state index is 13.5. The Bertz CT molecular complexity index is 1050. The van der Waals surface area contributed by atoms with E-state index in [0.717, 1.165) is 21.2 Å². The monoisotopic (exact) mass is 452 g/mol. The third-order valence-corrected chi connectivity index (χ3v) is 5.41. The van der Waals surface area contributed by atoms with Crippen molar-refractivity contribution in [1.29, 1.82) is 0 Å². The number of hydrogen-bond acceptors (Lipinski definition) is 2. The Hall–Kier alpha value is -2.99. The third-order valence-electron chi connectivity index (χ3n) is 4.91. The maximum atomic E-state index is 13.5. The second kappa shape index (κ2) is 8.17. The summed E-state index contributed by atoms with van der Waals surface area (Å²) in [7, 11) is 0. The Morgan fingerprint density at radius 1 is 1.07 bits per heavy atom. The second-order valence-corrected chi connectivity index (χ2v) is 7.83. The summed E-state index contributed by atoms with van der Waals surface area (Å²) in [4.78, 5) is 27.4. The zero-order chi connectivity index (χ0) is 20.4. The predicted molar refractivity (Wildman–Crippen MR) is 113 cm³/mol. The van der Waals surface area contributed by atoms with Gasteiger partial charge in [-0.15, -0.1) is 0 Å². The number of nitrogens with zero attached hydrogens (tertiary/aromatic N) is 1. The highest BCUT2D eigenvalue weighted by atomic mass is 79.9. The molecule has 3 aromatic carbocycles. The van der Waals surface area contributed by atoms with Crippen LogP contribution in [-0.2, 0) is 16.0 Å². The molecule has 1 aliphatic rings. The van der Waals surface area contributed by atoms with Gasteiger partial charge in [0.05, 0.1) is 12.5 Å². The zero-order valence-electron chi connectivity index (χ0n) is 15.4. The average molecular weight is 453 g/mol. The summed E-state index contributed by atoms with van der Waals surface area (Å²) in [6, 6.07) is 20.5. The number of anilines is 1. The Labute approximate surface area is 176 Å². The lowest BCUT2D eigenvalue weighted by Gasteiger charge is -2.31. The molecule has 1 heterocycles. The van der Waals surface area contributed by atoms with Gasteiger partial charge >= 0.3 is 0 Å². The summed E-state index contributed by atoms with van der Waals surface area (Å²) < 4.78 is 14.4. The number of fused-ring (bicyclic) bond motifs is 1. The van der Waals surface area contributed by atoms with Crippen LogP contribution in [0, 0.1) is 5.82 Å². The van der Waals surface area contributed by atoms with Crippen LogP contribution < -0.4 is 5.32 Å². The molecule has 0 saturated heterocycles. The number of nitrogens with one attached hydrogen (secondary N) is 1. The summed E-state index contributed by atoms with van der Waals surface area (Å²) in [6.45, 7) is -0.0833. The lowest BCUT2D eigenvalue weighted by molar-refractivity contribution is -0.135. The van der Waals surface area contributed by atoms with Gasteiger partial charge in [-0.25, -0.2) is 4.39 Å². The number of benzene rings is 3. The molecule has 1 atom stereocenters. The molecule has 0 radical (unpaired) electrons. The maximum Gasteiger partial charge on any atom is 0.244 e. The summed E-state index contributed by atoms with van der Waals surface area (Å²) in [6.07, 6.45) is 0.176. The summed E-state index contributed by atoms with van der Waals surface area (Å²) in [5.74, 6) is -0.790. The Kier molecular flexibility index (Phi) is 5.45. The van der Waals surface area contributed by atoms with E-state index in [0.29, 0.717) is 5.69 Å². The molecular formula is C23H18BrFN2O2. The molecule has 0 spiro atoms. The Balaban J connectivity index is 1.81. The lowest BCUT2D eigenvalue weighted by Crippen LogP contribution is -2.39. The van der Waals surface area contributed by atoms with Crippen molar-refractivity contribution >= 4 is 33.4 Å². The zero-order valence-corrected chi connectivity index (χ0v) is 17.0. The van der Waals surface area contributed by atoms with Crippen LogP contribution in [0.15, 0.2) is 77.3 Å². The highest BCUT2D eigenvalue weighted by Gasteiger charge is 2.33. The molecule has 0 bridgehead atoms. The van der Waals surface area contributed by atoms with Crippen molar-refractivity contribution < 1.29 is 14.0 Å². The smallest absolute Gasteiger partial charge is 0.244 e. The highest BCUT2D eigenvalue weighted by Crippen LogP contribution is 2.37. The Morgan fingerprint density at radius 2 is 1.79 bits per heavy atom. The van der Waals surface area contributed by atoms with E-state index in [4.69, 9.17) is 0 Å². The third kappa shape index (κ3) is 4.22. The lowest BCUT2D eigenvalue weighted by atomic mass is 9.95. The molecule has 4 nitrogen and oxygen atoms in total. The fourth-order valence-corrected chi connectivity index (χ4v) is 3.96.